The largest absolute Gasteiger partial charge is 0.398 e. The molecular weight excluding hydrogens is 797 g/mol. The predicted octanol–water partition coefficient (Wildman–Crippen LogP) is 17.1. The van der Waals surface area contributed by atoms with Crippen LogP contribution in [0, 0.1) is 27.7 Å². The average Bonchev–Trinajstić information content (AvgIpc) is 3.29. The topological polar surface area (TPSA) is 29.3 Å². The monoisotopic (exact) mass is 863 g/mol. The zero-order chi connectivity index (χ0) is 46.7. The number of hydrogen-bond donors (Lipinski definition) is 1. The summed E-state index contributed by atoms with van der Waals surface area (Å²) in [6.45, 7) is 28.6. The summed E-state index contributed by atoms with van der Waals surface area (Å²) in [4.78, 5) is 2.57. The van der Waals surface area contributed by atoms with E-state index in [0.29, 0.717) is 6.54 Å². The highest BCUT2D eigenvalue weighted by Gasteiger charge is 2.38. The van der Waals surface area contributed by atoms with Gasteiger partial charge in [-0.1, -0.05) is 176 Å². The first-order valence-electron chi connectivity index (χ1n) is 23.8. The van der Waals surface area contributed by atoms with E-state index >= 15 is 0 Å². The van der Waals surface area contributed by atoms with E-state index in [9.17, 15) is 0 Å². The molecule has 0 amide bonds. The molecule has 0 saturated heterocycles. The summed E-state index contributed by atoms with van der Waals surface area (Å²) in [6, 6.07) is 49.5. The second kappa shape index (κ2) is 17.0. The molecule has 2 N–H and O–H groups in total. The quantitative estimate of drug-likeness (QED) is 0.116. The van der Waals surface area contributed by atoms with Gasteiger partial charge in [0.15, 0.2) is 0 Å². The van der Waals surface area contributed by atoms with Gasteiger partial charge in [0.05, 0.1) is 0 Å². The Morgan fingerprint density at radius 3 is 1.94 bits per heavy atom. The summed E-state index contributed by atoms with van der Waals surface area (Å²) < 4.78 is 0. The number of aryl methyl sites for hydroxylation is 3. The summed E-state index contributed by atoms with van der Waals surface area (Å²) in [5.74, 6) is 0. The van der Waals surface area contributed by atoms with Gasteiger partial charge < -0.3 is 10.6 Å². The molecule has 7 aromatic carbocycles. The van der Waals surface area contributed by atoms with E-state index in [-0.39, 0.29) is 10.8 Å². The lowest BCUT2D eigenvalue weighted by molar-refractivity contribution is 0.332. The van der Waals surface area contributed by atoms with Crippen LogP contribution >= 0.6 is 0 Å². The number of nitrogens with zero attached hydrogens (tertiary/aromatic N) is 1. The summed E-state index contributed by atoms with van der Waals surface area (Å²) in [5, 5.41) is 0. The van der Waals surface area contributed by atoms with Crippen molar-refractivity contribution in [2.24, 2.45) is 0 Å². The molecule has 0 saturated carbocycles. The fourth-order valence-corrected chi connectivity index (χ4v) is 11.0. The zero-order valence-electron chi connectivity index (χ0n) is 40.9. The molecule has 332 valence electrons. The first-order valence-corrected chi connectivity index (χ1v) is 23.8. The van der Waals surface area contributed by atoms with Crippen LogP contribution in [0.25, 0.3) is 50.1 Å². The molecular formula is C64H66N2. The van der Waals surface area contributed by atoms with Crippen molar-refractivity contribution in [1.82, 2.24) is 0 Å². The molecule has 1 aliphatic carbocycles. The number of nitrogens with two attached hydrogens (primary N) is 1. The van der Waals surface area contributed by atoms with Gasteiger partial charge in [-0.15, -0.1) is 0 Å². The Kier molecular flexibility index (Phi) is 11.5. The van der Waals surface area contributed by atoms with Crippen LogP contribution in [0.1, 0.15) is 104 Å². The van der Waals surface area contributed by atoms with E-state index in [0.717, 1.165) is 22.4 Å². The lowest BCUT2D eigenvalue weighted by atomic mass is 9.62. The maximum absolute atomic E-state index is 6.90. The second-order valence-corrected chi connectivity index (χ2v) is 20.9. The average molecular weight is 863 g/mol. The van der Waals surface area contributed by atoms with E-state index in [4.69, 9.17) is 5.73 Å². The van der Waals surface area contributed by atoms with E-state index in [1.165, 1.54) is 108 Å². The molecule has 2 bridgehead atoms. The maximum Gasteiger partial charge on any atom is 0.0496 e. The Balaban J connectivity index is 1.33. The number of para-hydroxylation sites is 1. The number of benzene rings is 7. The fourth-order valence-electron chi connectivity index (χ4n) is 11.0. The predicted molar refractivity (Wildman–Crippen MR) is 286 cm³/mol. The summed E-state index contributed by atoms with van der Waals surface area (Å²) in [5.41, 5.74) is 32.5. The van der Waals surface area contributed by atoms with E-state index in [1.54, 1.807) is 0 Å². The third-order valence-corrected chi connectivity index (χ3v) is 15.2. The first-order chi connectivity index (χ1) is 31.5. The number of allylic oxidation sites excluding steroid dienone is 4. The van der Waals surface area contributed by atoms with Gasteiger partial charge in [0.25, 0.3) is 0 Å². The van der Waals surface area contributed by atoms with Crippen LogP contribution in [-0.4, -0.2) is 6.54 Å². The Hall–Kier alpha value is -6.64. The Labute approximate surface area is 395 Å². The van der Waals surface area contributed by atoms with Crippen LogP contribution in [0.2, 0.25) is 0 Å². The van der Waals surface area contributed by atoms with Crippen molar-refractivity contribution in [2.75, 3.05) is 17.2 Å². The fraction of sp³-hybridized carbons (Fsp3) is 0.250. The number of fused-ring (bicyclic) bond motifs is 7. The van der Waals surface area contributed by atoms with Gasteiger partial charge in [-0.2, -0.15) is 0 Å². The molecule has 0 radical (unpaired) electrons. The highest BCUT2D eigenvalue weighted by molar-refractivity contribution is 6.01. The number of anilines is 3. The Morgan fingerprint density at radius 1 is 0.591 bits per heavy atom. The molecule has 0 spiro atoms. The Bertz CT molecular complexity index is 3100. The molecule has 0 atom stereocenters. The molecule has 0 fully saturated rings. The number of hydrogen-bond acceptors (Lipinski definition) is 2. The first kappa shape index (κ1) is 44.6. The van der Waals surface area contributed by atoms with Crippen LogP contribution in [-0.2, 0) is 16.2 Å². The number of nitrogen functional groups attached to an aromatic ring is 1. The van der Waals surface area contributed by atoms with Gasteiger partial charge in [-0.05, 0) is 176 Å². The van der Waals surface area contributed by atoms with Crippen LogP contribution in [0.4, 0.5) is 17.1 Å². The molecule has 1 heterocycles. The molecule has 9 rings (SSSR count). The minimum absolute atomic E-state index is 0.0876. The minimum atomic E-state index is -0.434. The second-order valence-electron chi connectivity index (χ2n) is 20.9. The van der Waals surface area contributed by atoms with Gasteiger partial charge in [-0.25, -0.2) is 0 Å². The lowest BCUT2D eigenvalue weighted by Gasteiger charge is -2.42. The summed E-state index contributed by atoms with van der Waals surface area (Å²) >= 11 is 0. The van der Waals surface area contributed by atoms with Crippen molar-refractivity contribution in [2.45, 2.75) is 98.3 Å². The van der Waals surface area contributed by atoms with Gasteiger partial charge >= 0.3 is 0 Å². The third-order valence-electron chi connectivity index (χ3n) is 15.2. The molecule has 0 unspecified atom stereocenters. The van der Waals surface area contributed by atoms with E-state index in [1.807, 2.05) is 18.2 Å². The Morgan fingerprint density at radius 2 is 1.21 bits per heavy atom. The van der Waals surface area contributed by atoms with Gasteiger partial charge in [0.1, 0.15) is 0 Å². The molecule has 0 aromatic heterocycles. The van der Waals surface area contributed by atoms with E-state index < -0.39 is 5.41 Å². The summed E-state index contributed by atoms with van der Waals surface area (Å²) in [7, 11) is 0. The van der Waals surface area contributed by atoms with Crippen LogP contribution in [0.5, 0.6) is 0 Å². The smallest absolute Gasteiger partial charge is 0.0496 e. The third kappa shape index (κ3) is 7.85. The SMILES string of the molecule is C=C(/C=C\C=C/CN1c2cc(C)c(-c3cc4c(cc3C)C(C)(C)CCC4(C)C)cc2-c2c(cccc2C(C)(C)c2ccccc2N)-c2cc(-c3ccccc3C)cc1c2C)c1ccccc1. The van der Waals surface area contributed by atoms with Gasteiger partial charge in [0.2, 0.25) is 0 Å². The molecule has 66 heavy (non-hydrogen) atoms. The van der Waals surface area contributed by atoms with Crippen molar-refractivity contribution >= 4 is 22.6 Å². The molecule has 2 aliphatic rings. The van der Waals surface area contributed by atoms with E-state index in [2.05, 4.69) is 220 Å². The standard InChI is InChI=1S/C64H66N2/c1-41(46-25-15-12-16-26-46)23-14-13-21-34-66-59-38-47(48-27-18-17-24-42(48)2)37-52(45(59)5)49-28-22-30-55(64(10,11)54-29-19-20-31-58(54)65)61(49)53-39-50(44(4)36-60(53)66)51-40-57-56(35-43(51)3)62(6,7)32-33-63(57,8)9/h12-31,35-40H,1,32-34,65H2,2-11H3/b21-13-,23-14-. The number of rotatable bonds is 9. The normalized spacial score (nSPS) is 15.0. The van der Waals surface area contributed by atoms with Crippen LogP contribution in [0.15, 0.2) is 164 Å². The molecule has 2 nitrogen and oxygen atoms in total. The van der Waals surface area contributed by atoms with Crippen molar-refractivity contribution in [3.63, 3.8) is 0 Å². The minimum Gasteiger partial charge on any atom is -0.398 e. The van der Waals surface area contributed by atoms with Crippen molar-refractivity contribution in [3.05, 3.63) is 214 Å². The van der Waals surface area contributed by atoms with Crippen LogP contribution in [0.3, 0.4) is 0 Å². The van der Waals surface area contributed by atoms with Gasteiger partial charge in [0, 0.05) is 34.6 Å². The maximum atomic E-state index is 6.90. The molecule has 2 heteroatoms. The highest BCUT2D eigenvalue weighted by Crippen LogP contribution is 2.54. The van der Waals surface area contributed by atoms with Crippen molar-refractivity contribution in [3.8, 4) is 44.5 Å². The summed E-state index contributed by atoms with van der Waals surface area (Å²) in [6.07, 6.45) is 11.1. The van der Waals surface area contributed by atoms with Crippen molar-refractivity contribution < 1.29 is 0 Å². The zero-order valence-corrected chi connectivity index (χ0v) is 40.9. The van der Waals surface area contributed by atoms with Crippen LogP contribution < -0.4 is 10.6 Å². The van der Waals surface area contributed by atoms with Crippen molar-refractivity contribution in [1.29, 1.82) is 0 Å². The van der Waals surface area contributed by atoms with Gasteiger partial charge in [-0.3, -0.25) is 0 Å². The highest BCUT2D eigenvalue weighted by atomic mass is 15.1. The molecule has 1 aliphatic heterocycles. The molecule has 7 aromatic rings. The lowest BCUT2D eigenvalue weighted by Crippen LogP contribution is -2.34.